The number of nitrogens with zero attached hydrogens (tertiary/aromatic N) is 1. The van der Waals surface area contributed by atoms with Crippen LogP contribution >= 0.6 is 0 Å². The van der Waals surface area contributed by atoms with Crippen molar-refractivity contribution in [3.8, 4) is 0 Å². The predicted molar refractivity (Wildman–Crippen MR) is 83.4 cm³/mol. The van der Waals surface area contributed by atoms with Crippen LogP contribution in [0, 0.1) is 11.6 Å². The largest absolute Gasteiger partial charge is 0.478 e. The average Bonchev–Trinajstić information content (AvgIpc) is 3.35. The van der Waals surface area contributed by atoms with Crippen LogP contribution in [0.4, 0.5) is 14.5 Å². The minimum atomic E-state index is -1.24. The zero-order valence-corrected chi connectivity index (χ0v) is 13.5. The molecule has 1 N–H and O–H groups in total. The van der Waals surface area contributed by atoms with Crippen molar-refractivity contribution in [3.05, 3.63) is 41.1 Å². The summed E-state index contributed by atoms with van der Waals surface area (Å²) in [5.41, 5.74) is -0.0166. The number of esters is 1. The van der Waals surface area contributed by atoms with Crippen LogP contribution in [0.25, 0.3) is 0 Å². The zero-order valence-electron chi connectivity index (χ0n) is 13.5. The van der Waals surface area contributed by atoms with Gasteiger partial charge in [-0.2, -0.15) is 0 Å². The summed E-state index contributed by atoms with van der Waals surface area (Å²) in [6, 6.07) is 3.10. The zero-order chi connectivity index (χ0) is 17.9. The number of hydrogen-bond acceptors (Lipinski definition) is 4. The Hall–Kier alpha value is -2.44. The van der Waals surface area contributed by atoms with Gasteiger partial charge in [0, 0.05) is 17.8 Å². The van der Waals surface area contributed by atoms with E-state index in [1.165, 1.54) is 11.0 Å². The van der Waals surface area contributed by atoms with Gasteiger partial charge in [-0.05, 0) is 38.3 Å². The van der Waals surface area contributed by atoms with Gasteiger partial charge in [0.2, 0.25) is 0 Å². The lowest BCUT2D eigenvalue weighted by Gasteiger charge is -2.28. The first-order valence-corrected chi connectivity index (χ1v) is 7.78. The number of halogens is 2. The van der Waals surface area contributed by atoms with Crippen molar-refractivity contribution in [3.63, 3.8) is 0 Å². The highest BCUT2D eigenvalue weighted by atomic mass is 19.2. The number of anilines is 1. The maximum atomic E-state index is 13.6. The molecule has 2 rings (SSSR count). The van der Waals surface area contributed by atoms with Gasteiger partial charge in [0.25, 0.3) is 0 Å². The fourth-order valence-electron chi connectivity index (χ4n) is 2.48. The molecule has 1 aliphatic rings. The van der Waals surface area contributed by atoms with E-state index in [2.05, 4.69) is 0 Å². The standard InChI is InChI=1S/C17H19F2NO4/c1-3-12(16(21)22)15(17(23)24-4-2)20(10-5-6-10)11-7-8-13(18)14(19)9-11/h7-10H,3-6H2,1-2H3,(H,21,22). The summed E-state index contributed by atoms with van der Waals surface area (Å²) in [6.07, 6.45) is 1.54. The molecular weight excluding hydrogens is 320 g/mol. The van der Waals surface area contributed by atoms with Gasteiger partial charge in [-0.3, -0.25) is 0 Å². The summed E-state index contributed by atoms with van der Waals surface area (Å²) in [6.45, 7) is 3.30. The number of carboxylic acid groups (broad SMARTS) is 1. The van der Waals surface area contributed by atoms with Gasteiger partial charge in [-0.1, -0.05) is 6.92 Å². The van der Waals surface area contributed by atoms with Crippen LogP contribution in [0.5, 0.6) is 0 Å². The van der Waals surface area contributed by atoms with Crippen LogP contribution in [0.15, 0.2) is 29.5 Å². The summed E-state index contributed by atoms with van der Waals surface area (Å²) in [4.78, 5) is 25.4. The molecule has 7 heteroatoms. The molecule has 0 atom stereocenters. The lowest BCUT2D eigenvalue weighted by Crippen LogP contribution is -2.33. The number of benzene rings is 1. The van der Waals surface area contributed by atoms with Crippen molar-refractivity contribution in [1.82, 2.24) is 0 Å². The normalized spacial score (nSPS) is 14.8. The number of carbonyl (C=O) groups is 2. The lowest BCUT2D eigenvalue weighted by atomic mass is 10.1. The van der Waals surface area contributed by atoms with Crippen LogP contribution in [-0.4, -0.2) is 29.7 Å². The van der Waals surface area contributed by atoms with E-state index in [-0.39, 0.29) is 36.0 Å². The topological polar surface area (TPSA) is 66.8 Å². The van der Waals surface area contributed by atoms with Crippen molar-refractivity contribution < 1.29 is 28.2 Å². The molecule has 5 nitrogen and oxygen atoms in total. The van der Waals surface area contributed by atoms with Crippen molar-refractivity contribution in [2.24, 2.45) is 0 Å². The summed E-state index contributed by atoms with van der Waals surface area (Å²) in [5.74, 6) is -4.10. The number of carbonyl (C=O) groups excluding carboxylic acids is 1. The van der Waals surface area contributed by atoms with Crippen LogP contribution in [0.2, 0.25) is 0 Å². The predicted octanol–water partition coefficient (Wildman–Crippen LogP) is 3.25. The SMILES string of the molecule is CCOC(=O)C(=C(CC)C(=O)O)N(c1ccc(F)c(F)c1)C1CC1. The maximum absolute atomic E-state index is 13.6. The Kier molecular flexibility index (Phi) is 5.54. The van der Waals surface area contributed by atoms with Crippen LogP contribution < -0.4 is 4.90 Å². The molecule has 1 aliphatic carbocycles. The second-order valence-corrected chi connectivity index (χ2v) is 5.41. The monoisotopic (exact) mass is 339 g/mol. The third-order valence-electron chi connectivity index (χ3n) is 3.70. The van der Waals surface area contributed by atoms with Crippen LogP contribution in [0.3, 0.4) is 0 Å². The summed E-state index contributed by atoms with van der Waals surface area (Å²) < 4.78 is 31.8. The van der Waals surface area contributed by atoms with Crippen LogP contribution in [0.1, 0.15) is 33.1 Å². The Morgan fingerprint density at radius 2 is 1.92 bits per heavy atom. The van der Waals surface area contributed by atoms with Gasteiger partial charge >= 0.3 is 11.9 Å². The molecule has 1 aromatic carbocycles. The molecule has 0 bridgehead atoms. The summed E-state index contributed by atoms with van der Waals surface area (Å²) in [7, 11) is 0. The molecule has 0 saturated heterocycles. The first kappa shape index (κ1) is 17.9. The highest BCUT2D eigenvalue weighted by Gasteiger charge is 2.37. The second kappa shape index (κ2) is 7.42. The molecule has 0 aromatic heterocycles. The third-order valence-corrected chi connectivity index (χ3v) is 3.70. The number of ether oxygens (including phenoxy) is 1. The van der Waals surface area contributed by atoms with Crippen molar-refractivity contribution in [2.45, 2.75) is 39.2 Å². The summed E-state index contributed by atoms with van der Waals surface area (Å²) in [5, 5.41) is 9.43. The van der Waals surface area contributed by atoms with Gasteiger partial charge in [0.1, 0.15) is 5.70 Å². The third kappa shape index (κ3) is 3.72. The fraction of sp³-hybridized carbons (Fsp3) is 0.412. The molecule has 1 fully saturated rings. The highest BCUT2D eigenvalue weighted by Crippen LogP contribution is 2.37. The van der Waals surface area contributed by atoms with Gasteiger partial charge in [0.15, 0.2) is 11.6 Å². The number of carboxylic acids is 1. The first-order chi connectivity index (χ1) is 11.4. The van der Waals surface area contributed by atoms with Gasteiger partial charge in [-0.25, -0.2) is 18.4 Å². The van der Waals surface area contributed by atoms with Gasteiger partial charge in [-0.15, -0.1) is 0 Å². The molecule has 1 aromatic rings. The molecule has 0 unspecified atom stereocenters. The molecule has 24 heavy (non-hydrogen) atoms. The lowest BCUT2D eigenvalue weighted by molar-refractivity contribution is -0.140. The van der Waals surface area contributed by atoms with Crippen LogP contribution in [-0.2, 0) is 14.3 Å². The molecule has 0 aliphatic heterocycles. The van der Waals surface area contributed by atoms with E-state index in [1.54, 1.807) is 13.8 Å². The highest BCUT2D eigenvalue weighted by molar-refractivity contribution is 6.02. The van der Waals surface area contributed by atoms with E-state index in [0.29, 0.717) is 0 Å². The Balaban J connectivity index is 2.60. The summed E-state index contributed by atoms with van der Waals surface area (Å²) >= 11 is 0. The van der Waals surface area contributed by atoms with E-state index in [0.717, 1.165) is 25.0 Å². The van der Waals surface area contributed by atoms with E-state index in [4.69, 9.17) is 4.74 Å². The second-order valence-electron chi connectivity index (χ2n) is 5.41. The molecule has 0 spiro atoms. The Labute approximate surface area is 138 Å². The Morgan fingerprint density at radius 1 is 1.25 bits per heavy atom. The first-order valence-electron chi connectivity index (χ1n) is 7.78. The van der Waals surface area contributed by atoms with Crippen molar-refractivity contribution in [2.75, 3.05) is 11.5 Å². The van der Waals surface area contributed by atoms with E-state index in [1.807, 2.05) is 0 Å². The van der Waals surface area contributed by atoms with Crippen molar-refractivity contribution in [1.29, 1.82) is 0 Å². The molecule has 0 amide bonds. The molecule has 0 radical (unpaired) electrons. The van der Waals surface area contributed by atoms with Gasteiger partial charge in [0.05, 0.1) is 12.2 Å². The molecule has 0 heterocycles. The van der Waals surface area contributed by atoms with Crippen molar-refractivity contribution >= 4 is 17.6 Å². The van der Waals surface area contributed by atoms with Gasteiger partial charge < -0.3 is 14.7 Å². The Morgan fingerprint density at radius 3 is 2.38 bits per heavy atom. The smallest absolute Gasteiger partial charge is 0.355 e. The molecule has 1 saturated carbocycles. The average molecular weight is 339 g/mol. The van der Waals surface area contributed by atoms with E-state index in [9.17, 15) is 23.5 Å². The quantitative estimate of drug-likeness (QED) is 0.610. The van der Waals surface area contributed by atoms with E-state index < -0.39 is 23.6 Å². The molecule has 130 valence electrons. The maximum Gasteiger partial charge on any atom is 0.355 e. The number of aliphatic carboxylic acids is 1. The van der Waals surface area contributed by atoms with E-state index >= 15 is 0 Å². The Bertz CT molecular complexity index is 683. The number of rotatable bonds is 7. The minimum Gasteiger partial charge on any atom is -0.478 e. The number of hydrogen-bond donors (Lipinski definition) is 1. The minimum absolute atomic E-state index is 0.0786. The molecular formula is C17H19F2NO4. The fourth-order valence-corrected chi connectivity index (χ4v) is 2.48.